The SMILES string of the molecule is CCO/N=C(\C(=O)NC1C(=O)N2C(C(=O)O)=C(CSc3nc(N)cc4n3nc[n+]4C)CS[C@H]12)c1nsc(N)n1. The summed E-state index contributed by atoms with van der Waals surface area (Å²) in [6.45, 7) is 1.87. The van der Waals surface area contributed by atoms with Crippen LogP contribution in [0.15, 0.2) is 34.0 Å². The third-order valence-corrected chi connectivity index (χ3v) is 8.56. The number of aliphatic carboxylic acids is 1. The number of carboxylic acids is 1. The first kappa shape index (κ1) is 26.6. The van der Waals surface area contributed by atoms with Crippen LogP contribution in [0.2, 0.25) is 0 Å². The number of fused-ring (bicyclic) bond motifs is 2. The van der Waals surface area contributed by atoms with E-state index in [1.54, 1.807) is 28.4 Å². The molecule has 0 aliphatic carbocycles. The fourth-order valence-electron chi connectivity index (χ4n) is 3.92. The number of hydrogen-bond acceptors (Lipinski definition) is 14. The highest BCUT2D eigenvalue weighted by Gasteiger charge is 2.54. The van der Waals surface area contributed by atoms with E-state index in [-0.39, 0.29) is 34.7 Å². The Morgan fingerprint density at radius 2 is 2.18 bits per heavy atom. The lowest BCUT2D eigenvalue weighted by Gasteiger charge is -2.49. The van der Waals surface area contributed by atoms with Gasteiger partial charge in [-0.05, 0) is 17.0 Å². The minimum absolute atomic E-state index is 0.0381. The number of hydrogen-bond donors (Lipinski definition) is 4. The summed E-state index contributed by atoms with van der Waals surface area (Å²) in [5, 5.41) is 20.6. The van der Waals surface area contributed by atoms with E-state index >= 15 is 0 Å². The van der Waals surface area contributed by atoms with Crippen molar-refractivity contribution in [3.63, 3.8) is 0 Å². The van der Waals surface area contributed by atoms with Crippen LogP contribution < -0.4 is 21.4 Å². The summed E-state index contributed by atoms with van der Waals surface area (Å²) in [5.41, 5.74) is 12.4. The number of aryl methyl sites for hydroxylation is 1. The molecule has 39 heavy (non-hydrogen) atoms. The maximum atomic E-state index is 13.1. The highest BCUT2D eigenvalue weighted by molar-refractivity contribution is 8.01. The van der Waals surface area contributed by atoms with Crippen molar-refractivity contribution in [2.75, 3.05) is 29.6 Å². The van der Waals surface area contributed by atoms with Gasteiger partial charge in [-0.2, -0.15) is 14.3 Å². The van der Waals surface area contributed by atoms with Crippen molar-refractivity contribution in [1.82, 2.24) is 34.2 Å². The number of carboxylic acid groups (broad SMARTS) is 1. The summed E-state index contributed by atoms with van der Waals surface area (Å²) >= 11 is 3.47. The minimum atomic E-state index is -1.24. The molecule has 0 saturated carbocycles. The Hall–Kier alpha value is -3.97. The van der Waals surface area contributed by atoms with Crippen molar-refractivity contribution in [3.05, 3.63) is 29.5 Å². The number of nitrogen functional groups attached to an aromatic ring is 2. The molecule has 2 atom stereocenters. The summed E-state index contributed by atoms with van der Waals surface area (Å²) in [6, 6.07) is 0.699. The Morgan fingerprint density at radius 1 is 1.38 bits per heavy atom. The normalized spacial score (nSPS) is 19.2. The van der Waals surface area contributed by atoms with E-state index in [0.29, 0.717) is 22.3 Å². The number of amides is 2. The number of nitrogens with one attached hydrogen (secondary N) is 1. The van der Waals surface area contributed by atoms with E-state index in [1.165, 1.54) is 28.4 Å². The molecule has 1 unspecified atom stereocenters. The molecule has 3 aromatic heterocycles. The third-order valence-electron chi connectivity index (χ3n) is 5.67. The van der Waals surface area contributed by atoms with Crippen molar-refractivity contribution in [2.45, 2.75) is 23.5 Å². The first-order valence-corrected chi connectivity index (χ1v) is 14.1. The first-order chi connectivity index (χ1) is 18.7. The molecular formula is C20H22N11O5S3+. The fraction of sp³-hybridized carbons (Fsp3) is 0.350. The topological polar surface area (TPSA) is 220 Å². The van der Waals surface area contributed by atoms with E-state index in [9.17, 15) is 19.5 Å². The molecule has 16 nitrogen and oxygen atoms in total. The van der Waals surface area contributed by atoms with Gasteiger partial charge in [0.05, 0.1) is 13.1 Å². The van der Waals surface area contributed by atoms with Crippen LogP contribution in [0, 0.1) is 0 Å². The zero-order chi connectivity index (χ0) is 27.8. The third kappa shape index (κ3) is 4.94. The van der Waals surface area contributed by atoms with Crippen molar-refractivity contribution in [1.29, 1.82) is 0 Å². The Balaban J connectivity index is 1.34. The number of rotatable bonds is 9. The Labute approximate surface area is 232 Å². The van der Waals surface area contributed by atoms with Gasteiger partial charge >= 0.3 is 5.97 Å². The van der Waals surface area contributed by atoms with Crippen LogP contribution in [-0.4, -0.2) is 87.0 Å². The number of aromatic nitrogens is 6. The fourth-order valence-corrected chi connectivity index (χ4v) is 6.81. The molecule has 2 amide bonds. The molecule has 5 heterocycles. The minimum Gasteiger partial charge on any atom is -0.477 e. The van der Waals surface area contributed by atoms with Crippen molar-refractivity contribution in [3.8, 4) is 0 Å². The molecule has 2 aliphatic heterocycles. The lowest BCUT2D eigenvalue weighted by atomic mass is 10.0. The molecule has 0 spiro atoms. The lowest BCUT2D eigenvalue weighted by molar-refractivity contribution is -0.646. The number of nitrogens with zero attached hydrogens (tertiary/aromatic N) is 8. The molecule has 204 valence electrons. The van der Waals surface area contributed by atoms with Gasteiger partial charge in [0, 0.05) is 28.1 Å². The summed E-state index contributed by atoms with van der Waals surface area (Å²) in [6.07, 6.45) is 1.61. The Kier molecular flexibility index (Phi) is 7.28. The molecule has 3 aromatic rings. The van der Waals surface area contributed by atoms with Gasteiger partial charge in [0.2, 0.25) is 11.5 Å². The molecule has 19 heteroatoms. The summed E-state index contributed by atoms with van der Waals surface area (Å²) < 4.78 is 7.37. The largest absolute Gasteiger partial charge is 0.477 e. The second-order valence-electron chi connectivity index (χ2n) is 8.20. The van der Waals surface area contributed by atoms with Gasteiger partial charge in [-0.1, -0.05) is 16.9 Å². The number of carbonyl (C=O) groups excluding carboxylic acids is 2. The second kappa shape index (κ2) is 10.7. The Morgan fingerprint density at radius 3 is 2.87 bits per heavy atom. The summed E-state index contributed by atoms with van der Waals surface area (Å²) in [7, 11) is 1.82. The highest BCUT2D eigenvalue weighted by Crippen LogP contribution is 2.41. The molecule has 1 saturated heterocycles. The smallest absolute Gasteiger partial charge is 0.352 e. The quantitative estimate of drug-likeness (QED) is 0.0576. The standard InChI is InChI=1S/C20H21N11O5S3/c1-3-36-27-11(14-26-19(22)39-28-14)15(32)25-12-16(33)30-13(18(34)35)8(5-37-17(12)30)6-38-20-24-9(21)4-10-29(2)7-23-31(10)20/h4,7,12,17,21H,3,5-6H2,1-2H3,(H4,22,25,26,28,32,34,35)/p+1/b27-11-/t12?,17-/m1/s1. The number of β-lactam (4-membered cyclic amide) rings is 1. The van der Waals surface area contributed by atoms with Crippen LogP contribution in [0.3, 0.4) is 0 Å². The number of carbonyl (C=O) groups is 3. The van der Waals surface area contributed by atoms with Gasteiger partial charge in [0.25, 0.3) is 28.9 Å². The van der Waals surface area contributed by atoms with E-state index in [1.807, 2.05) is 7.05 Å². The molecule has 6 N–H and O–H groups in total. The predicted molar refractivity (Wildman–Crippen MR) is 141 cm³/mol. The molecule has 0 aromatic carbocycles. The van der Waals surface area contributed by atoms with Gasteiger partial charge in [0.15, 0.2) is 5.13 Å². The Bertz CT molecular complexity index is 1550. The molecule has 0 bridgehead atoms. The average molecular weight is 593 g/mol. The van der Waals surface area contributed by atoms with E-state index in [0.717, 1.165) is 17.2 Å². The van der Waals surface area contributed by atoms with E-state index < -0.39 is 29.2 Å². The van der Waals surface area contributed by atoms with Gasteiger partial charge in [-0.3, -0.25) is 14.5 Å². The number of oxime groups is 1. The maximum Gasteiger partial charge on any atom is 0.352 e. The zero-order valence-electron chi connectivity index (χ0n) is 20.5. The van der Waals surface area contributed by atoms with Crippen molar-refractivity contribution in [2.24, 2.45) is 12.2 Å². The molecule has 2 aliphatic rings. The van der Waals surface area contributed by atoms with E-state index in [4.69, 9.17) is 16.3 Å². The lowest BCUT2D eigenvalue weighted by Crippen LogP contribution is -2.71. The molecule has 5 rings (SSSR count). The van der Waals surface area contributed by atoms with Crippen LogP contribution in [0.4, 0.5) is 10.9 Å². The molecular weight excluding hydrogens is 570 g/mol. The summed E-state index contributed by atoms with van der Waals surface area (Å²) in [4.78, 5) is 52.8. The number of thioether (sulfide) groups is 2. The maximum absolute atomic E-state index is 13.1. The van der Waals surface area contributed by atoms with Gasteiger partial charge in [-0.25, -0.2) is 9.36 Å². The van der Waals surface area contributed by atoms with Crippen LogP contribution >= 0.6 is 35.1 Å². The number of anilines is 2. The summed E-state index contributed by atoms with van der Waals surface area (Å²) in [5.74, 6) is -1.74. The predicted octanol–water partition coefficient (Wildman–Crippen LogP) is -1.16. The molecule has 0 radical (unpaired) electrons. The van der Waals surface area contributed by atoms with Crippen molar-refractivity contribution < 1.29 is 28.9 Å². The van der Waals surface area contributed by atoms with Gasteiger partial charge < -0.3 is 26.7 Å². The van der Waals surface area contributed by atoms with E-state index in [2.05, 4.69) is 29.9 Å². The first-order valence-electron chi connectivity index (χ1n) is 11.3. The van der Waals surface area contributed by atoms with Crippen LogP contribution in [-0.2, 0) is 26.3 Å². The molecule has 1 fully saturated rings. The second-order valence-corrected chi connectivity index (χ2v) is 11.0. The van der Waals surface area contributed by atoms with Crippen LogP contribution in [0.1, 0.15) is 12.7 Å². The van der Waals surface area contributed by atoms with Gasteiger partial charge in [-0.15, -0.1) is 11.8 Å². The number of nitrogens with two attached hydrogens (primary N) is 2. The van der Waals surface area contributed by atoms with Gasteiger partial charge in [0.1, 0.15) is 29.5 Å². The van der Waals surface area contributed by atoms with Crippen LogP contribution in [0.25, 0.3) is 5.65 Å². The highest BCUT2D eigenvalue weighted by atomic mass is 32.2. The van der Waals surface area contributed by atoms with Crippen LogP contribution in [0.5, 0.6) is 0 Å². The average Bonchev–Trinajstić information content (AvgIpc) is 3.50. The zero-order valence-corrected chi connectivity index (χ0v) is 22.9. The van der Waals surface area contributed by atoms with Crippen molar-refractivity contribution >= 4 is 75.1 Å². The monoisotopic (exact) mass is 592 g/mol.